The summed E-state index contributed by atoms with van der Waals surface area (Å²) in [5.74, 6) is -0.319. The fourth-order valence-electron chi connectivity index (χ4n) is 3.49. The van der Waals surface area contributed by atoms with E-state index in [2.05, 4.69) is 0 Å². The first-order chi connectivity index (χ1) is 14.1. The van der Waals surface area contributed by atoms with Gasteiger partial charge in [-0.3, -0.25) is 4.79 Å². The van der Waals surface area contributed by atoms with Gasteiger partial charge in [0.1, 0.15) is 6.29 Å². The van der Waals surface area contributed by atoms with Crippen molar-refractivity contribution in [3.63, 3.8) is 0 Å². The fraction of sp³-hybridized carbons (Fsp3) is 0.0435. The molecule has 0 aliphatic carbocycles. The molecule has 0 atom stereocenters. The summed E-state index contributed by atoms with van der Waals surface area (Å²) < 4.78 is 28.0. The van der Waals surface area contributed by atoms with Gasteiger partial charge in [0, 0.05) is 17.4 Å². The van der Waals surface area contributed by atoms with Gasteiger partial charge < -0.3 is 4.79 Å². The van der Waals surface area contributed by atoms with Gasteiger partial charge in [0.25, 0.3) is 10.0 Å². The van der Waals surface area contributed by atoms with E-state index in [0.717, 1.165) is 3.97 Å². The Morgan fingerprint density at radius 1 is 0.828 bits per heavy atom. The molecule has 3 aromatic carbocycles. The number of hydrogen-bond donors (Lipinski definition) is 0. The third-order valence-corrected chi connectivity index (χ3v) is 6.51. The molecule has 6 heteroatoms. The van der Waals surface area contributed by atoms with E-state index < -0.39 is 10.0 Å². The minimum atomic E-state index is -4.01. The van der Waals surface area contributed by atoms with Crippen molar-refractivity contribution < 1.29 is 18.0 Å². The maximum atomic E-state index is 13.5. The molecule has 29 heavy (non-hydrogen) atoms. The molecule has 0 radical (unpaired) electrons. The summed E-state index contributed by atoms with van der Waals surface area (Å²) in [7, 11) is -4.01. The molecule has 4 aromatic rings. The lowest BCUT2D eigenvalue weighted by Gasteiger charge is -2.11. The Hall–Kier alpha value is -3.51. The van der Waals surface area contributed by atoms with Crippen molar-refractivity contribution in [3.05, 3.63) is 102 Å². The summed E-state index contributed by atoms with van der Waals surface area (Å²) in [5, 5.41) is 0.498. The quantitative estimate of drug-likeness (QED) is 0.362. The molecule has 4 rings (SSSR count). The maximum Gasteiger partial charge on any atom is 0.268 e. The zero-order valence-electron chi connectivity index (χ0n) is 15.4. The van der Waals surface area contributed by atoms with Crippen LogP contribution in [0.1, 0.15) is 21.6 Å². The average Bonchev–Trinajstić information content (AvgIpc) is 3.09. The minimum absolute atomic E-state index is 0.0895. The molecule has 0 spiro atoms. The van der Waals surface area contributed by atoms with Crippen LogP contribution in [-0.4, -0.2) is 24.5 Å². The number of carbonyl (C=O) groups is 2. The highest BCUT2D eigenvalue weighted by molar-refractivity contribution is 7.90. The highest BCUT2D eigenvalue weighted by Gasteiger charge is 2.29. The number of ketones is 1. The number of hydrogen-bond acceptors (Lipinski definition) is 4. The van der Waals surface area contributed by atoms with Gasteiger partial charge in [-0.2, -0.15) is 0 Å². The predicted octanol–water partition coefficient (Wildman–Crippen LogP) is 3.85. The highest BCUT2D eigenvalue weighted by atomic mass is 32.2. The third kappa shape index (κ3) is 3.17. The van der Waals surface area contributed by atoms with Crippen molar-refractivity contribution >= 4 is 33.0 Å². The molecule has 0 saturated carbocycles. The Morgan fingerprint density at radius 3 is 2.07 bits per heavy atom. The molecule has 0 unspecified atom stereocenters. The van der Waals surface area contributed by atoms with Crippen LogP contribution in [0.15, 0.2) is 89.8 Å². The molecule has 0 amide bonds. The van der Waals surface area contributed by atoms with Crippen LogP contribution in [0.25, 0.3) is 10.9 Å². The van der Waals surface area contributed by atoms with Crippen LogP contribution in [-0.2, 0) is 21.2 Å². The van der Waals surface area contributed by atoms with Crippen molar-refractivity contribution in [2.24, 2.45) is 0 Å². The van der Waals surface area contributed by atoms with Crippen molar-refractivity contribution in [1.29, 1.82) is 0 Å². The molecule has 0 aliphatic rings. The molecule has 1 heterocycles. The second kappa shape index (κ2) is 7.48. The molecule has 0 fully saturated rings. The van der Waals surface area contributed by atoms with Crippen LogP contribution in [0, 0.1) is 0 Å². The molecule has 0 aliphatic heterocycles. The first-order valence-electron chi connectivity index (χ1n) is 9.02. The van der Waals surface area contributed by atoms with Crippen LogP contribution < -0.4 is 0 Å². The number of aldehydes is 1. The second-order valence-electron chi connectivity index (χ2n) is 6.49. The van der Waals surface area contributed by atoms with Crippen LogP contribution in [0.4, 0.5) is 0 Å². The van der Waals surface area contributed by atoms with E-state index in [9.17, 15) is 18.0 Å². The Labute approximate surface area is 168 Å². The zero-order chi connectivity index (χ0) is 20.4. The van der Waals surface area contributed by atoms with E-state index in [1.54, 1.807) is 72.8 Å². The highest BCUT2D eigenvalue weighted by Crippen LogP contribution is 2.32. The van der Waals surface area contributed by atoms with Crippen LogP contribution in [0.3, 0.4) is 0 Å². The number of fused-ring (bicyclic) bond motifs is 1. The topological polar surface area (TPSA) is 73.2 Å². The average molecular weight is 403 g/mol. The Kier molecular flexibility index (Phi) is 4.86. The van der Waals surface area contributed by atoms with Gasteiger partial charge >= 0.3 is 0 Å². The van der Waals surface area contributed by atoms with E-state index in [-0.39, 0.29) is 28.4 Å². The fourth-order valence-corrected chi connectivity index (χ4v) is 5.07. The standard InChI is InChI=1S/C23H17NO4S/c25-16-15-21-22(23(26)17-9-3-1-4-10-17)19-13-7-8-14-20(19)24(21)29(27,28)18-11-5-2-6-12-18/h1-14,16H,15H2. The molecule has 0 bridgehead atoms. The predicted molar refractivity (Wildman–Crippen MR) is 111 cm³/mol. The third-order valence-electron chi connectivity index (χ3n) is 4.75. The molecular formula is C23H17NO4S. The molecular weight excluding hydrogens is 386 g/mol. The van der Waals surface area contributed by atoms with Gasteiger partial charge in [0.2, 0.25) is 0 Å². The van der Waals surface area contributed by atoms with Crippen molar-refractivity contribution in [3.8, 4) is 0 Å². The normalized spacial score (nSPS) is 11.4. The summed E-state index contributed by atoms with van der Waals surface area (Å²) in [6.45, 7) is 0. The Morgan fingerprint density at radius 2 is 1.41 bits per heavy atom. The van der Waals surface area contributed by atoms with Crippen molar-refractivity contribution in [2.75, 3.05) is 0 Å². The lowest BCUT2D eigenvalue weighted by Crippen LogP contribution is -2.17. The van der Waals surface area contributed by atoms with Gasteiger partial charge in [-0.1, -0.05) is 66.7 Å². The summed E-state index contributed by atoms with van der Waals surface area (Å²) >= 11 is 0. The summed E-state index contributed by atoms with van der Waals surface area (Å²) in [6.07, 6.45) is 0.418. The van der Waals surface area contributed by atoms with Crippen molar-refractivity contribution in [2.45, 2.75) is 11.3 Å². The summed E-state index contributed by atoms with van der Waals surface area (Å²) in [4.78, 5) is 24.9. The van der Waals surface area contributed by atoms with Gasteiger partial charge in [-0.05, 0) is 18.2 Å². The van der Waals surface area contributed by atoms with Crippen LogP contribution in [0.5, 0.6) is 0 Å². The molecule has 144 valence electrons. The minimum Gasteiger partial charge on any atom is -0.303 e. The number of rotatable bonds is 6. The molecule has 0 saturated heterocycles. The number of carbonyl (C=O) groups excluding carboxylic acids is 2. The SMILES string of the molecule is O=CCc1c(C(=O)c2ccccc2)c2ccccc2n1S(=O)(=O)c1ccccc1. The smallest absolute Gasteiger partial charge is 0.268 e. The van der Waals surface area contributed by atoms with Gasteiger partial charge in [0.05, 0.1) is 21.7 Å². The lowest BCUT2D eigenvalue weighted by molar-refractivity contribution is -0.107. The van der Waals surface area contributed by atoms with E-state index in [1.165, 1.54) is 12.1 Å². The summed E-state index contributed by atoms with van der Waals surface area (Å²) in [5.41, 5.74) is 1.20. The Bertz CT molecular complexity index is 1310. The number of aromatic nitrogens is 1. The molecule has 5 nitrogen and oxygen atoms in total. The largest absolute Gasteiger partial charge is 0.303 e. The monoisotopic (exact) mass is 403 g/mol. The van der Waals surface area contributed by atoms with Gasteiger partial charge in [-0.15, -0.1) is 0 Å². The van der Waals surface area contributed by atoms with Crippen molar-refractivity contribution in [1.82, 2.24) is 3.97 Å². The van der Waals surface area contributed by atoms with E-state index >= 15 is 0 Å². The summed E-state index contributed by atoms with van der Waals surface area (Å²) in [6, 6.07) is 23.4. The first-order valence-corrected chi connectivity index (χ1v) is 10.5. The van der Waals surface area contributed by atoms with Crippen LogP contribution >= 0.6 is 0 Å². The van der Waals surface area contributed by atoms with E-state index in [0.29, 0.717) is 22.8 Å². The number of nitrogens with zero attached hydrogens (tertiary/aromatic N) is 1. The number of benzene rings is 3. The van der Waals surface area contributed by atoms with Gasteiger partial charge in [-0.25, -0.2) is 12.4 Å². The lowest BCUT2D eigenvalue weighted by atomic mass is 9.99. The Balaban J connectivity index is 2.08. The maximum absolute atomic E-state index is 13.5. The molecule has 0 N–H and O–H groups in total. The molecule has 1 aromatic heterocycles. The van der Waals surface area contributed by atoms with E-state index in [4.69, 9.17) is 0 Å². The van der Waals surface area contributed by atoms with E-state index in [1.807, 2.05) is 0 Å². The van der Waals surface area contributed by atoms with Crippen LogP contribution in [0.2, 0.25) is 0 Å². The second-order valence-corrected chi connectivity index (χ2v) is 8.27. The first kappa shape index (κ1) is 18.8. The zero-order valence-corrected chi connectivity index (χ0v) is 16.2. The van der Waals surface area contributed by atoms with Gasteiger partial charge in [0.15, 0.2) is 5.78 Å². The number of para-hydroxylation sites is 1.